The molecule has 4 N–H and O–H groups in total. The van der Waals surface area contributed by atoms with Crippen molar-refractivity contribution in [2.24, 2.45) is 5.73 Å². The van der Waals surface area contributed by atoms with Crippen molar-refractivity contribution in [3.8, 4) is 5.75 Å². The predicted octanol–water partition coefficient (Wildman–Crippen LogP) is 1.89. The molecule has 0 spiro atoms. The Labute approximate surface area is 226 Å². The number of ketones is 1. The molecular weight excluding hydrogens is 496 g/mol. The third kappa shape index (κ3) is 5.39. The van der Waals surface area contributed by atoms with E-state index in [4.69, 9.17) is 5.73 Å². The molecule has 0 unspecified atom stereocenters. The highest BCUT2D eigenvalue weighted by Gasteiger charge is 2.52. The van der Waals surface area contributed by atoms with Crippen LogP contribution in [-0.2, 0) is 22.6 Å². The van der Waals surface area contributed by atoms with Gasteiger partial charge >= 0.3 is 0 Å². The average molecular weight is 527 g/mol. The molecule has 3 amide bonds. The highest BCUT2D eigenvalue weighted by Crippen LogP contribution is 2.31. The first kappa shape index (κ1) is 26.1. The SMILES string of the molecule is NCc1cccc(C(=O)N[C@@H](Cc2ccc(O)cc2)C(=O)N2CC[C@@H]3[C@H]2C(=O)CN3C(=O)c2ccccc2)c1. The van der Waals surface area contributed by atoms with Gasteiger partial charge in [-0.1, -0.05) is 42.5 Å². The van der Waals surface area contributed by atoms with E-state index in [0.717, 1.165) is 11.1 Å². The van der Waals surface area contributed by atoms with Crippen LogP contribution in [0.1, 0.15) is 38.3 Å². The van der Waals surface area contributed by atoms with Gasteiger partial charge in [-0.15, -0.1) is 0 Å². The lowest BCUT2D eigenvalue weighted by molar-refractivity contribution is -0.138. The number of aromatic hydroxyl groups is 1. The molecule has 0 radical (unpaired) electrons. The van der Waals surface area contributed by atoms with Gasteiger partial charge in [0.25, 0.3) is 11.8 Å². The summed E-state index contributed by atoms with van der Waals surface area (Å²) in [7, 11) is 0. The third-order valence-electron chi connectivity index (χ3n) is 7.39. The van der Waals surface area contributed by atoms with E-state index < -0.39 is 24.0 Å². The van der Waals surface area contributed by atoms with E-state index in [1.165, 1.54) is 17.0 Å². The first-order valence-corrected chi connectivity index (χ1v) is 12.9. The van der Waals surface area contributed by atoms with Gasteiger partial charge in [0.2, 0.25) is 5.91 Å². The molecule has 5 rings (SSSR count). The molecule has 0 aromatic heterocycles. The number of rotatable bonds is 7. The maximum atomic E-state index is 13.9. The van der Waals surface area contributed by atoms with Crippen molar-refractivity contribution in [1.29, 1.82) is 0 Å². The number of amides is 3. The van der Waals surface area contributed by atoms with Crippen molar-refractivity contribution in [2.75, 3.05) is 13.1 Å². The van der Waals surface area contributed by atoms with Gasteiger partial charge in [0, 0.05) is 30.6 Å². The number of likely N-dealkylation sites (tertiary alicyclic amines) is 2. The Hall–Kier alpha value is -4.50. The fourth-order valence-electron chi connectivity index (χ4n) is 5.43. The maximum absolute atomic E-state index is 13.9. The molecule has 2 fully saturated rings. The zero-order chi connectivity index (χ0) is 27.5. The van der Waals surface area contributed by atoms with E-state index in [1.807, 2.05) is 12.1 Å². The average Bonchev–Trinajstić information content (AvgIpc) is 3.54. The summed E-state index contributed by atoms with van der Waals surface area (Å²) in [5.74, 6) is -1.16. The van der Waals surface area contributed by atoms with Crippen molar-refractivity contribution in [3.05, 3.63) is 101 Å². The maximum Gasteiger partial charge on any atom is 0.254 e. The van der Waals surface area contributed by atoms with E-state index in [-0.39, 0.29) is 42.9 Å². The van der Waals surface area contributed by atoms with Crippen LogP contribution in [0.15, 0.2) is 78.9 Å². The number of hydrogen-bond acceptors (Lipinski definition) is 6. The summed E-state index contributed by atoms with van der Waals surface area (Å²) in [6.45, 7) is 0.505. The van der Waals surface area contributed by atoms with Crippen molar-refractivity contribution in [1.82, 2.24) is 15.1 Å². The third-order valence-corrected chi connectivity index (χ3v) is 7.39. The van der Waals surface area contributed by atoms with Gasteiger partial charge < -0.3 is 26.0 Å². The van der Waals surface area contributed by atoms with Crippen molar-refractivity contribution < 1.29 is 24.3 Å². The van der Waals surface area contributed by atoms with Gasteiger partial charge in [-0.25, -0.2) is 0 Å². The Balaban J connectivity index is 1.38. The molecule has 0 bridgehead atoms. The van der Waals surface area contributed by atoms with Gasteiger partial charge in [-0.05, 0) is 53.9 Å². The molecule has 0 aliphatic carbocycles. The van der Waals surface area contributed by atoms with E-state index in [9.17, 15) is 24.3 Å². The molecule has 200 valence electrons. The second kappa shape index (κ2) is 11.1. The minimum atomic E-state index is -0.964. The number of nitrogens with two attached hydrogens (primary N) is 1. The van der Waals surface area contributed by atoms with Gasteiger partial charge in [0.15, 0.2) is 5.78 Å². The molecule has 0 saturated carbocycles. The van der Waals surface area contributed by atoms with Gasteiger partial charge in [-0.2, -0.15) is 0 Å². The fourth-order valence-corrected chi connectivity index (χ4v) is 5.43. The van der Waals surface area contributed by atoms with Crippen LogP contribution in [0.3, 0.4) is 0 Å². The van der Waals surface area contributed by atoms with Crippen LogP contribution in [0.2, 0.25) is 0 Å². The summed E-state index contributed by atoms with van der Waals surface area (Å²) in [6.07, 6.45) is 0.634. The smallest absolute Gasteiger partial charge is 0.254 e. The molecule has 3 atom stereocenters. The molecule has 3 aromatic rings. The fraction of sp³-hybridized carbons (Fsp3) is 0.267. The summed E-state index contributed by atoms with van der Waals surface area (Å²) < 4.78 is 0. The lowest BCUT2D eigenvalue weighted by atomic mass is 10.0. The van der Waals surface area contributed by atoms with E-state index in [0.29, 0.717) is 24.1 Å². The first-order chi connectivity index (χ1) is 18.9. The van der Waals surface area contributed by atoms with Crippen LogP contribution in [0.4, 0.5) is 0 Å². The monoisotopic (exact) mass is 526 g/mol. The molecule has 2 aliphatic rings. The summed E-state index contributed by atoms with van der Waals surface area (Å²) in [4.78, 5) is 56.5. The van der Waals surface area contributed by atoms with Crippen LogP contribution in [-0.4, -0.2) is 69.6 Å². The van der Waals surface area contributed by atoms with E-state index in [1.54, 1.807) is 59.5 Å². The van der Waals surface area contributed by atoms with Gasteiger partial charge in [0.1, 0.15) is 17.8 Å². The second-order valence-electron chi connectivity index (χ2n) is 9.90. The zero-order valence-electron chi connectivity index (χ0n) is 21.3. The van der Waals surface area contributed by atoms with Crippen molar-refractivity contribution in [3.63, 3.8) is 0 Å². The van der Waals surface area contributed by atoms with Crippen LogP contribution in [0.25, 0.3) is 0 Å². The topological polar surface area (TPSA) is 133 Å². The quantitative estimate of drug-likeness (QED) is 0.431. The van der Waals surface area contributed by atoms with E-state index in [2.05, 4.69) is 5.32 Å². The molecule has 3 aromatic carbocycles. The number of Topliss-reactive ketones (excluding diaryl/α,β-unsaturated/α-hetero) is 1. The minimum Gasteiger partial charge on any atom is -0.508 e. The second-order valence-corrected chi connectivity index (χ2v) is 9.90. The Bertz CT molecular complexity index is 1390. The number of phenols is 1. The number of nitrogens with one attached hydrogen (secondary N) is 1. The summed E-state index contributed by atoms with van der Waals surface area (Å²) in [5.41, 5.74) is 8.11. The standard InChI is InChI=1S/C30H30N4O5/c31-17-20-5-4-8-22(15-20)28(37)32-24(16-19-9-11-23(35)12-10-19)30(39)33-14-13-25-27(33)26(36)18-34(25)29(38)21-6-2-1-3-7-21/h1-12,15,24-25,27,35H,13-14,16-18,31H2,(H,32,37)/t24-,25+,27-/m0/s1. The minimum absolute atomic E-state index is 0.0618. The van der Waals surface area contributed by atoms with Crippen molar-refractivity contribution >= 4 is 23.5 Å². The van der Waals surface area contributed by atoms with Crippen LogP contribution in [0.5, 0.6) is 5.75 Å². The summed E-state index contributed by atoms with van der Waals surface area (Å²) in [5, 5.41) is 12.5. The number of benzene rings is 3. The highest BCUT2D eigenvalue weighted by molar-refractivity contribution is 6.03. The lowest BCUT2D eigenvalue weighted by Crippen LogP contribution is -2.53. The molecule has 9 nitrogen and oxygen atoms in total. The predicted molar refractivity (Wildman–Crippen MR) is 144 cm³/mol. The Morgan fingerprint density at radius 2 is 1.64 bits per heavy atom. The summed E-state index contributed by atoms with van der Waals surface area (Å²) >= 11 is 0. The first-order valence-electron chi connectivity index (χ1n) is 12.9. The van der Waals surface area contributed by atoms with Crippen molar-refractivity contribution in [2.45, 2.75) is 37.5 Å². The zero-order valence-corrected chi connectivity index (χ0v) is 21.3. The van der Waals surface area contributed by atoms with Crippen LogP contribution in [0, 0.1) is 0 Å². The normalized spacial score (nSPS) is 19.1. The van der Waals surface area contributed by atoms with Crippen LogP contribution >= 0.6 is 0 Å². The van der Waals surface area contributed by atoms with Gasteiger partial charge in [-0.3, -0.25) is 19.2 Å². The Morgan fingerprint density at radius 3 is 2.36 bits per heavy atom. The lowest BCUT2D eigenvalue weighted by Gasteiger charge is -2.28. The molecule has 39 heavy (non-hydrogen) atoms. The number of nitrogens with zero attached hydrogens (tertiary/aromatic N) is 2. The highest BCUT2D eigenvalue weighted by atomic mass is 16.3. The number of carbonyl (C=O) groups excluding carboxylic acids is 4. The molecule has 2 saturated heterocycles. The molecule has 2 heterocycles. The number of phenolic OH excluding ortho intramolecular Hbond substituents is 1. The van der Waals surface area contributed by atoms with Gasteiger partial charge in [0.05, 0.1) is 12.6 Å². The Morgan fingerprint density at radius 1 is 0.923 bits per heavy atom. The molecule has 2 aliphatic heterocycles. The Kier molecular flexibility index (Phi) is 7.42. The number of carbonyl (C=O) groups is 4. The largest absolute Gasteiger partial charge is 0.508 e. The molecular formula is C30H30N4O5. The summed E-state index contributed by atoms with van der Waals surface area (Å²) in [6, 6.07) is 19.9. The molecule has 9 heteroatoms. The number of hydrogen-bond donors (Lipinski definition) is 3. The van der Waals surface area contributed by atoms with E-state index >= 15 is 0 Å². The number of fused-ring (bicyclic) bond motifs is 1. The van der Waals surface area contributed by atoms with Crippen LogP contribution < -0.4 is 11.1 Å².